The number of ether oxygens (including phenoxy) is 1. The van der Waals surface area contributed by atoms with Gasteiger partial charge in [0, 0.05) is 36.5 Å². The van der Waals surface area contributed by atoms with Crippen molar-refractivity contribution >= 4 is 12.1 Å². The number of carbonyl (C=O) groups is 1. The van der Waals surface area contributed by atoms with Gasteiger partial charge in [-0.05, 0) is 43.9 Å². The van der Waals surface area contributed by atoms with Gasteiger partial charge in [0.1, 0.15) is 12.1 Å². The Hall–Kier alpha value is -3.27. The van der Waals surface area contributed by atoms with E-state index in [0.29, 0.717) is 24.5 Å². The van der Waals surface area contributed by atoms with Gasteiger partial charge in [-0.1, -0.05) is 6.07 Å². The van der Waals surface area contributed by atoms with Crippen molar-refractivity contribution in [1.82, 2.24) is 15.0 Å². The molecule has 6 rings (SSSR count). The molecule has 29 heavy (non-hydrogen) atoms. The molecular formula is C22H21N5O2. The Morgan fingerprint density at radius 1 is 1.24 bits per heavy atom. The van der Waals surface area contributed by atoms with Crippen LogP contribution >= 0.6 is 0 Å². The summed E-state index contributed by atoms with van der Waals surface area (Å²) >= 11 is 0. The van der Waals surface area contributed by atoms with Gasteiger partial charge in [-0.15, -0.1) is 0 Å². The molecule has 3 aliphatic carbocycles. The van der Waals surface area contributed by atoms with Gasteiger partial charge in [-0.25, -0.2) is 9.99 Å². The van der Waals surface area contributed by atoms with Crippen molar-refractivity contribution < 1.29 is 9.53 Å². The number of hydrazone groups is 1. The van der Waals surface area contributed by atoms with Crippen LogP contribution in [-0.2, 0) is 4.79 Å². The minimum Gasteiger partial charge on any atom is -0.477 e. The summed E-state index contributed by atoms with van der Waals surface area (Å²) in [6, 6.07) is 9.29. The molecule has 2 aromatic heterocycles. The Balaban J connectivity index is 1.21. The van der Waals surface area contributed by atoms with Crippen LogP contribution in [0.5, 0.6) is 5.88 Å². The van der Waals surface area contributed by atoms with Crippen LogP contribution in [0.3, 0.4) is 0 Å². The number of rotatable bonds is 5. The summed E-state index contributed by atoms with van der Waals surface area (Å²) in [5, 5.41) is 14.9. The number of pyridine rings is 2. The summed E-state index contributed by atoms with van der Waals surface area (Å²) in [5.41, 5.74) is 2.16. The van der Waals surface area contributed by atoms with Crippen LogP contribution in [0.2, 0.25) is 0 Å². The number of aromatic nitrogens is 2. The average molecular weight is 387 g/mol. The van der Waals surface area contributed by atoms with E-state index in [2.05, 4.69) is 21.1 Å². The molecule has 2 aromatic rings. The third-order valence-electron chi connectivity index (χ3n) is 6.30. The predicted molar refractivity (Wildman–Crippen MR) is 105 cm³/mol. The van der Waals surface area contributed by atoms with E-state index < -0.39 is 0 Å². The van der Waals surface area contributed by atoms with Crippen molar-refractivity contribution in [3.63, 3.8) is 0 Å². The second kappa shape index (κ2) is 6.38. The monoisotopic (exact) mass is 387 g/mol. The fourth-order valence-electron chi connectivity index (χ4n) is 4.91. The molecule has 1 atom stereocenters. The number of amides is 1. The van der Waals surface area contributed by atoms with Crippen LogP contribution in [0, 0.1) is 29.1 Å². The summed E-state index contributed by atoms with van der Waals surface area (Å²) < 4.78 is 5.87. The molecule has 0 aromatic carbocycles. The van der Waals surface area contributed by atoms with Crippen LogP contribution < -0.4 is 4.74 Å². The quantitative estimate of drug-likeness (QED) is 0.786. The van der Waals surface area contributed by atoms with Crippen LogP contribution in [0.4, 0.5) is 0 Å². The lowest BCUT2D eigenvalue weighted by Crippen LogP contribution is -2.69. The summed E-state index contributed by atoms with van der Waals surface area (Å²) in [6.45, 7) is 2.59. The first-order chi connectivity index (χ1) is 14.0. The highest BCUT2D eigenvalue weighted by Crippen LogP contribution is 2.74. The topological polar surface area (TPSA) is 91.5 Å². The molecule has 4 aliphatic rings. The van der Waals surface area contributed by atoms with E-state index in [1.807, 2.05) is 25.1 Å². The summed E-state index contributed by atoms with van der Waals surface area (Å²) in [7, 11) is 0. The van der Waals surface area contributed by atoms with Gasteiger partial charge in [0.25, 0.3) is 0 Å². The molecule has 1 unspecified atom stereocenters. The van der Waals surface area contributed by atoms with Crippen molar-refractivity contribution in [3.8, 4) is 11.9 Å². The lowest BCUT2D eigenvalue weighted by atomic mass is 9.35. The van der Waals surface area contributed by atoms with Gasteiger partial charge in [-0.3, -0.25) is 9.78 Å². The van der Waals surface area contributed by atoms with E-state index in [4.69, 9.17) is 10.00 Å². The molecule has 7 heteroatoms. The van der Waals surface area contributed by atoms with E-state index in [-0.39, 0.29) is 22.8 Å². The zero-order valence-electron chi connectivity index (χ0n) is 16.2. The van der Waals surface area contributed by atoms with Crippen molar-refractivity contribution in [2.45, 2.75) is 38.6 Å². The summed E-state index contributed by atoms with van der Waals surface area (Å²) in [6.07, 6.45) is 8.27. The number of hydrogen-bond acceptors (Lipinski definition) is 6. The summed E-state index contributed by atoms with van der Waals surface area (Å²) in [4.78, 5) is 21.9. The highest BCUT2D eigenvalue weighted by atomic mass is 16.5. The van der Waals surface area contributed by atoms with E-state index in [0.717, 1.165) is 30.5 Å². The molecule has 3 saturated carbocycles. The molecule has 0 saturated heterocycles. The van der Waals surface area contributed by atoms with E-state index in [1.54, 1.807) is 29.7 Å². The molecule has 1 amide bonds. The number of nitrogens with zero attached hydrogens (tertiary/aromatic N) is 5. The van der Waals surface area contributed by atoms with Gasteiger partial charge in [-0.2, -0.15) is 10.4 Å². The lowest BCUT2D eigenvalue weighted by Gasteiger charge is -2.69. The second-order valence-electron chi connectivity index (χ2n) is 8.56. The highest BCUT2D eigenvalue weighted by Gasteiger charge is 2.73. The van der Waals surface area contributed by atoms with E-state index in [9.17, 15) is 4.79 Å². The molecule has 0 spiro atoms. The second-order valence-corrected chi connectivity index (χ2v) is 8.56. The van der Waals surface area contributed by atoms with Gasteiger partial charge >= 0.3 is 0 Å². The van der Waals surface area contributed by atoms with Gasteiger partial charge in [0.2, 0.25) is 11.8 Å². The van der Waals surface area contributed by atoms with Crippen molar-refractivity contribution in [3.05, 3.63) is 53.5 Å². The molecular weight excluding hydrogens is 366 g/mol. The third kappa shape index (κ3) is 2.87. The van der Waals surface area contributed by atoms with Crippen molar-refractivity contribution in [2.24, 2.45) is 15.9 Å². The Labute approximate surface area is 169 Å². The number of hydrogen-bond donors (Lipinski definition) is 0. The fourth-order valence-corrected chi connectivity index (χ4v) is 4.91. The lowest BCUT2D eigenvalue weighted by molar-refractivity contribution is -0.227. The minimum absolute atomic E-state index is 0.0812. The van der Waals surface area contributed by atoms with Gasteiger partial charge in [0.15, 0.2) is 0 Å². The standard InChI is InChI=1S/C22H21N5O2/c1-15-2-5-19(25-9-15)29-14-21-11-22(12-21,13-21)20(28)27-18(6-7-26-27)17-4-3-16(8-23)10-24-17/h2-5,7,9-10,18H,6,11-14H2,1H3. The van der Waals surface area contributed by atoms with Gasteiger partial charge < -0.3 is 4.74 Å². The van der Waals surface area contributed by atoms with Crippen LogP contribution in [-0.4, -0.2) is 33.7 Å². The highest BCUT2D eigenvalue weighted by molar-refractivity contribution is 5.88. The van der Waals surface area contributed by atoms with Crippen molar-refractivity contribution in [1.29, 1.82) is 5.26 Å². The SMILES string of the molecule is Cc1ccc(OCC23CC(C(=O)N4N=CCC4c4ccc(C#N)cn4)(C2)C3)nc1. The maximum Gasteiger partial charge on any atom is 0.249 e. The molecule has 0 radical (unpaired) electrons. The fraction of sp³-hybridized carbons (Fsp3) is 0.409. The molecule has 7 nitrogen and oxygen atoms in total. The Morgan fingerprint density at radius 3 is 2.72 bits per heavy atom. The zero-order valence-corrected chi connectivity index (χ0v) is 16.2. The Morgan fingerprint density at radius 2 is 2.07 bits per heavy atom. The molecule has 1 aliphatic heterocycles. The number of carbonyl (C=O) groups excluding carboxylic acids is 1. The van der Waals surface area contributed by atoms with Crippen molar-refractivity contribution in [2.75, 3.05) is 6.61 Å². The zero-order chi connectivity index (χ0) is 20.1. The Kier molecular flexibility index (Phi) is 3.91. The molecule has 3 fully saturated rings. The number of aryl methyl sites for hydroxylation is 1. The largest absolute Gasteiger partial charge is 0.477 e. The smallest absolute Gasteiger partial charge is 0.249 e. The molecule has 2 bridgehead atoms. The first-order valence-corrected chi connectivity index (χ1v) is 9.80. The molecule has 0 N–H and O–H groups in total. The molecule has 146 valence electrons. The van der Waals surface area contributed by atoms with Crippen LogP contribution in [0.25, 0.3) is 0 Å². The number of nitriles is 1. The van der Waals surface area contributed by atoms with Gasteiger partial charge in [0.05, 0.1) is 23.3 Å². The first kappa shape index (κ1) is 17.8. The van der Waals surface area contributed by atoms with E-state index in [1.165, 1.54) is 0 Å². The predicted octanol–water partition coefficient (Wildman–Crippen LogP) is 3.17. The normalized spacial score (nSPS) is 29.0. The minimum atomic E-state index is -0.309. The average Bonchev–Trinajstić information content (AvgIpc) is 3.17. The van der Waals surface area contributed by atoms with Crippen LogP contribution in [0.15, 0.2) is 41.8 Å². The summed E-state index contributed by atoms with van der Waals surface area (Å²) in [5.74, 6) is 0.717. The van der Waals surface area contributed by atoms with Crippen LogP contribution in [0.1, 0.15) is 48.5 Å². The maximum atomic E-state index is 13.2. The van der Waals surface area contributed by atoms with E-state index >= 15 is 0 Å². The molecule has 3 heterocycles. The Bertz CT molecular complexity index is 1000. The third-order valence-corrected chi connectivity index (χ3v) is 6.30. The first-order valence-electron chi connectivity index (χ1n) is 9.80. The maximum absolute atomic E-state index is 13.2.